The summed E-state index contributed by atoms with van der Waals surface area (Å²) in [4.78, 5) is 1.27. The highest BCUT2D eigenvalue weighted by molar-refractivity contribution is 7.89. The minimum absolute atomic E-state index is 0.0707. The van der Waals surface area contributed by atoms with Gasteiger partial charge in [0.05, 0.1) is 36.6 Å². The van der Waals surface area contributed by atoms with Gasteiger partial charge in [-0.3, -0.25) is 0 Å². The zero-order valence-electron chi connectivity index (χ0n) is 14.8. The zero-order chi connectivity index (χ0) is 19.4. The lowest BCUT2D eigenvalue weighted by molar-refractivity contribution is -0.926. The normalized spacial score (nSPS) is 16.1. The van der Waals surface area contributed by atoms with Gasteiger partial charge < -0.3 is 9.47 Å². The van der Waals surface area contributed by atoms with E-state index in [1.807, 2.05) is 10.6 Å². The summed E-state index contributed by atoms with van der Waals surface area (Å²) in [5.74, 6) is 0. The van der Waals surface area contributed by atoms with E-state index in [-0.39, 0.29) is 10.5 Å². The van der Waals surface area contributed by atoms with E-state index >= 15 is 0 Å². The Morgan fingerprint density at radius 2 is 2.04 bits per heavy atom. The molecule has 0 amide bonds. The fourth-order valence-electron chi connectivity index (χ4n) is 3.08. The molecule has 0 spiro atoms. The van der Waals surface area contributed by atoms with Gasteiger partial charge >= 0.3 is 0 Å². The predicted molar refractivity (Wildman–Crippen MR) is 102 cm³/mol. The van der Waals surface area contributed by atoms with Crippen LogP contribution in [0.4, 0.5) is 0 Å². The number of allylic oxidation sites excluding steroid dienone is 1. The van der Waals surface area contributed by atoms with Crippen molar-refractivity contribution >= 4 is 22.2 Å². The fourth-order valence-corrected chi connectivity index (χ4v) is 4.90. The number of sulfonamides is 1. The molecule has 2 aromatic rings. The Hall–Kier alpha value is -2.32. The van der Waals surface area contributed by atoms with Crippen molar-refractivity contribution < 1.29 is 13.3 Å². The Bertz CT molecular complexity index is 1030. The second-order valence-corrected chi connectivity index (χ2v) is 8.55. The molecule has 1 aliphatic rings. The van der Waals surface area contributed by atoms with Crippen LogP contribution in [0.15, 0.2) is 48.1 Å². The summed E-state index contributed by atoms with van der Waals surface area (Å²) >= 11 is 5.40. The van der Waals surface area contributed by atoms with Crippen LogP contribution in [0.3, 0.4) is 0 Å². The molecule has 10 heteroatoms. The molecular weight excluding hydrogens is 384 g/mol. The first-order valence-corrected chi connectivity index (χ1v) is 10.4. The number of piperazine rings is 1. The largest absolute Gasteiger partial charge is 0.314 e. The quantitative estimate of drug-likeness (QED) is 0.541. The van der Waals surface area contributed by atoms with Gasteiger partial charge in [0.1, 0.15) is 12.4 Å². The Kier molecular flexibility index (Phi) is 5.86. The molecule has 1 fully saturated rings. The molecule has 2 heterocycles. The van der Waals surface area contributed by atoms with Gasteiger partial charge in [0, 0.05) is 6.54 Å². The van der Waals surface area contributed by atoms with E-state index in [4.69, 9.17) is 12.2 Å². The average molecular weight is 406 g/mol. The van der Waals surface area contributed by atoms with E-state index < -0.39 is 10.0 Å². The molecule has 0 radical (unpaired) electrons. The van der Waals surface area contributed by atoms with E-state index in [1.165, 1.54) is 21.3 Å². The Labute approximate surface area is 163 Å². The molecule has 8 nitrogen and oxygen atoms in total. The molecule has 0 unspecified atom stereocenters. The third-order valence-corrected chi connectivity index (χ3v) is 6.95. The van der Waals surface area contributed by atoms with E-state index in [1.54, 1.807) is 29.2 Å². The number of hydrogen-bond donors (Lipinski definition) is 1. The summed E-state index contributed by atoms with van der Waals surface area (Å²) in [6.07, 6.45) is 3.44. The van der Waals surface area contributed by atoms with Crippen molar-refractivity contribution in [3.63, 3.8) is 0 Å². The number of quaternary nitrogens is 1. The van der Waals surface area contributed by atoms with Crippen molar-refractivity contribution in [2.24, 2.45) is 0 Å². The number of aromatic nitrogens is 3. The molecule has 0 atom stereocenters. The summed E-state index contributed by atoms with van der Waals surface area (Å²) in [5.41, 5.74) is 0.173. The molecule has 0 bridgehead atoms. The van der Waals surface area contributed by atoms with E-state index in [2.05, 4.69) is 11.7 Å². The van der Waals surface area contributed by atoms with Gasteiger partial charge in [-0.15, -0.1) is 6.58 Å². The molecule has 1 saturated heterocycles. The van der Waals surface area contributed by atoms with Gasteiger partial charge in [-0.25, -0.2) is 8.42 Å². The number of nitriles is 1. The number of nitrogens with one attached hydrogen (secondary N) is 1. The Balaban J connectivity index is 1.68. The molecule has 1 aliphatic heterocycles. The molecule has 0 saturated carbocycles. The first kappa shape index (κ1) is 19.4. The van der Waals surface area contributed by atoms with Crippen molar-refractivity contribution in [3.8, 4) is 6.07 Å². The maximum atomic E-state index is 12.9. The number of nitrogens with zero attached hydrogens (tertiary/aromatic N) is 5. The van der Waals surface area contributed by atoms with Gasteiger partial charge in [-0.2, -0.15) is 19.3 Å². The van der Waals surface area contributed by atoms with Crippen molar-refractivity contribution in [2.75, 3.05) is 26.2 Å². The monoisotopic (exact) mass is 405 g/mol. The van der Waals surface area contributed by atoms with E-state index in [0.717, 1.165) is 0 Å². The van der Waals surface area contributed by atoms with Crippen LogP contribution in [0.25, 0.3) is 0 Å². The summed E-state index contributed by atoms with van der Waals surface area (Å²) in [6.45, 7) is 6.96. The van der Waals surface area contributed by atoms with Gasteiger partial charge in [-0.1, -0.05) is 18.2 Å². The third-order valence-electron chi connectivity index (χ3n) is 4.55. The molecule has 1 aromatic carbocycles. The maximum absolute atomic E-state index is 12.9. The number of benzene rings is 1. The fraction of sp³-hybridized carbons (Fsp3) is 0.353. The molecule has 142 valence electrons. The van der Waals surface area contributed by atoms with Gasteiger partial charge in [0.25, 0.3) is 0 Å². The summed E-state index contributed by atoms with van der Waals surface area (Å²) < 4.78 is 31.4. The maximum Gasteiger partial charge on any atom is 0.244 e. The van der Waals surface area contributed by atoms with E-state index in [0.29, 0.717) is 44.2 Å². The minimum atomic E-state index is -3.67. The lowest BCUT2D eigenvalue weighted by Crippen LogP contribution is -3.14. The zero-order valence-corrected chi connectivity index (χ0v) is 16.4. The second-order valence-electron chi connectivity index (χ2n) is 6.27. The molecule has 0 aliphatic carbocycles. The highest BCUT2D eigenvalue weighted by atomic mass is 32.2. The predicted octanol–water partition coefficient (Wildman–Crippen LogP) is 0.0187. The van der Waals surface area contributed by atoms with Crippen LogP contribution in [0, 0.1) is 16.1 Å². The minimum Gasteiger partial charge on any atom is -0.314 e. The van der Waals surface area contributed by atoms with Crippen LogP contribution in [0.5, 0.6) is 0 Å². The van der Waals surface area contributed by atoms with Crippen molar-refractivity contribution in [2.45, 2.75) is 18.1 Å². The molecule has 27 heavy (non-hydrogen) atoms. The van der Waals surface area contributed by atoms with Crippen LogP contribution >= 0.6 is 12.2 Å². The molecule has 1 N–H and O–H groups in total. The summed E-state index contributed by atoms with van der Waals surface area (Å²) in [6, 6.07) is 8.26. The topological polar surface area (TPSA) is 88.4 Å². The summed E-state index contributed by atoms with van der Waals surface area (Å²) in [7, 11) is -3.67. The van der Waals surface area contributed by atoms with Gasteiger partial charge in [-0.05, 0) is 24.4 Å². The highest BCUT2D eigenvalue weighted by Gasteiger charge is 2.32. The van der Waals surface area contributed by atoms with Crippen molar-refractivity contribution in [1.29, 1.82) is 5.26 Å². The smallest absolute Gasteiger partial charge is 0.244 e. The third kappa shape index (κ3) is 4.01. The highest BCUT2D eigenvalue weighted by Crippen LogP contribution is 2.19. The Morgan fingerprint density at radius 3 is 2.70 bits per heavy atom. The number of hydrogen-bond acceptors (Lipinski definition) is 5. The van der Waals surface area contributed by atoms with Crippen molar-refractivity contribution in [1.82, 2.24) is 18.7 Å². The lowest BCUT2D eigenvalue weighted by Gasteiger charge is -2.31. The van der Waals surface area contributed by atoms with Crippen LogP contribution in [-0.2, 0) is 23.2 Å². The van der Waals surface area contributed by atoms with Crippen LogP contribution in [0.2, 0.25) is 0 Å². The van der Waals surface area contributed by atoms with Crippen LogP contribution in [-0.4, -0.2) is 53.2 Å². The average Bonchev–Trinajstić information content (AvgIpc) is 3.02. The Morgan fingerprint density at radius 1 is 1.33 bits per heavy atom. The lowest BCUT2D eigenvalue weighted by atomic mass is 10.2. The SMILES string of the molecule is C=CCn1cnn(C[NH+]2CCN(S(=O)(=O)c3ccccc3C#N)CC2)c1=S. The molecular formula is C17H21N6O2S2+. The molecule has 3 rings (SSSR count). The first-order valence-electron chi connectivity index (χ1n) is 8.53. The number of rotatable bonds is 6. The summed E-state index contributed by atoms with van der Waals surface area (Å²) in [5, 5.41) is 13.5. The standard InChI is InChI=1S/C17H20N6O2S2/c1-2-7-21-13-19-23(17(21)26)14-20-8-10-22(11-9-20)27(24,25)16-6-4-3-5-15(16)12-18/h2-6,13H,1,7-11,14H2/p+1. The second kappa shape index (κ2) is 8.14. The first-order chi connectivity index (χ1) is 13.0. The molecule has 1 aromatic heterocycles. The van der Waals surface area contributed by atoms with E-state index in [9.17, 15) is 13.7 Å². The van der Waals surface area contributed by atoms with Crippen LogP contribution in [0.1, 0.15) is 5.56 Å². The van der Waals surface area contributed by atoms with Crippen molar-refractivity contribution in [3.05, 3.63) is 53.6 Å². The van der Waals surface area contributed by atoms with Gasteiger partial charge in [0.15, 0.2) is 6.67 Å². The van der Waals surface area contributed by atoms with Gasteiger partial charge in [0.2, 0.25) is 14.8 Å². The van der Waals surface area contributed by atoms with Crippen LogP contribution < -0.4 is 4.90 Å².